The van der Waals surface area contributed by atoms with Crippen molar-refractivity contribution in [1.29, 1.82) is 0 Å². The lowest BCUT2D eigenvalue weighted by atomic mass is 9.90. The molecule has 2 nitrogen and oxygen atoms in total. The first-order valence-electron chi connectivity index (χ1n) is 6.35. The number of hydrogen-bond acceptors (Lipinski definition) is 2. The fourth-order valence-electron chi connectivity index (χ4n) is 2.38. The van der Waals surface area contributed by atoms with Gasteiger partial charge in [0.15, 0.2) is 0 Å². The number of benzene rings is 1. The van der Waals surface area contributed by atoms with E-state index >= 15 is 0 Å². The Kier molecular flexibility index (Phi) is 4.10. The molecular weight excluding hydrogens is 276 g/mol. The van der Waals surface area contributed by atoms with Crippen molar-refractivity contribution in [2.24, 2.45) is 5.73 Å². The summed E-state index contributed by atoms with van der Waals surface area (Å²) in [6, 6.07) is 7.46. The van der Waals surface area contributed by atoms with Crippen LogP contribution in [-0.2, 0) is 6.42 Å². The van der Waals surface area contributed by atoms with Crippen LogP contribution in [0.1, 0.15) is 31.7 Å². The molecule has 2 N–H and O–H groups in total. The SMILES string of the molecule is CC(N)Cc1cc(Br)ccc1N(C)C1CCC1. The van der Waals surface area contributed by atoms with E-state index in [1.54, 1.807) is 0 Å². The van der Waals surface area contributed by atoms with Gasteiger partial charge in [0.25, 0.3) is 0 Å². The molecule has 0 radical (unpaired) electrons. The molecule has 1 atom stereocenters. The van der Waals surface area contributed by atoms with Crippen molar-refractivity contribution in [2.45, 2.75) is 44.7 Å². The molecule has 1 unspecified atom stereocenters. The van der Waals surface area contributed by atoms with Crippen LogP contribution < -0.4 is 10.6 Å². The Morgan fingerprint density at radius 2 is 2.18 bits per heavy atom. The molecule has 0 bridgehead atoms. The van der Waals surface area contributed by atoms with Crippen molar-refractivity contribution in [1.82, 2.24) is 0 Å². The molecule has 2 rings (SSSR count). The van der Waals surface area contributed by atoms with Crippen LogP contribution in [0, 0.1) is 0 Å². The van der Waals surface area contributed by atoms with E-state index in [9.17, 15) is 0 Å². The highest BCUT2D eigenvalue weighted by Crippen LogP contribution is 2.32. The van der Waals surface area contributed by atoms with Gasteiger partial charge in [0.1, 0.15) is 0 Å². The van der Waals surface area contributed by atoms with Crippen LogP contribution in [0.25, 0.3) is 0 Å². The number of nitrogens with two attached hydrogens (primary N) is 1. The average Bonchev–Trinajstić information content (AvgIpc) is 2.13. The van der Waals surface area contributed by atoms with Crippen LogP contribution in [0.4, 0.5) is 5.69 Å². The van der Waals surface area contributed by atoms with Gasteiger partial charge in [-0.25, -0.2) is 0 Å². The van der Waals surface area contributed by atoms with Gasteiger partial charge < -0.3 is 10.6 Å². The van der Waals surface area contributed by atoms with Crippen molar-refractivity contribution >= 4 is 21.6 Å². The van der Waals surface area contributed by atoms with Gasteiger partial charge in [-0.15, -0.1) is 0 Å². The highest BCUT2D eigenvalue weighted by atomic mass is 79.9. The second-order valence-electron chi connectivity index (χ2n) is 5.15. The van der Waals surface area contributed by atoms with Crippen molar-refractivity contribution in [3.63, 3.8) is 0 Å². The van der Waals surface area contributed by atoms with Crippen LogP contribution >= 0.6 is 15.9 Å². The molecule has 0 heterocycles. The Bertz CT molecular complexity index is 386. The predicted octanol–water partition coefficient (Wildman–Crippen LogP) is 3.33. The molecule has 17 heavy (non-hydrogen) atoms. The first kappa shape index (κ1) is 12.9. The van der Waals surface area contributed by atoms with E-state index < -0.39 is 0 Å². The minimum atomic E-state index is 0.206. The van der Waals surface area contributed by atoms with Crippen LogP contribution in [0.15, 0.2) is 22.7 Å². The van der Waals surface area contributed by atoms with Crippen molar-refractivity contribution < 1.29 is 0 Å². The Balaban J connectivity index is 2.24. The minimum absolute atomic E-state index is 0.206. The molecule has 0 aromatic heterocycles. The van der Waals surface area contributed by atoms with Gasteiger partial charge in [0.2, 0.25) is 0 Å². The fraction of sp³-hybridized carbons (Fsp3) is 0.571. The van der Waals surface area contributed by atoms with E-state index in [0.717, 1.165) is 16.9 Å². The third kappa shape index (κ3) is 3.02. The fourth-order valence-corrected chi connectivity index (χ4v) is 2.79. The monoisotopic (exact) mass is 296 g/mol. The number of anilines is 1. The average molecular weight is 297 g/mol. The Morgan fingerprint density at radius 3 is 2.71 bits per heavy atom. The largest absolute Gasteiger partial charge is 0.371 e. The summed E-state index contributed by atoms with van der Waals surface area (Å²) in [6.07, 6.45) is 4.95. The van der Waals surface area contributed by atoms with E-state index in [4.69, 9.17) is 5.73 Å². The van der Waals surface area contributed by atoms with E-state index in [1.807, 2.05) is 0 Å². The predicted molar refractivity (Wildman–Crippen MR) is 77.5 cm³/mol. The summed E-state index contributed by atoms with van der Waals surface area (Å²) in [5.74, 6) is 0. The molecule has 1 aliphatic carbocycles. The number of nitrogens with zero attached hydrogens (tertiary/aromatic N) is 1. The van der Waals surface area contributed by atoms with Crippen LogP contribution in [-0.4, -0.2) is 19.1 Å². The van der Waals surface area contributed by atoms with Crippen LogP contribution in [0.2, 0.25) is 0 Å². The first-order chi connectivity index (χ1) is 8.08. The third-order valence-electron chi connectivity index (χ3n) is 3.59. The molecule has 0 amide bonds. The second-order valence-corrected chi connectivity index (χ2v) is 6.07. The Labute approximate surface area is 112 Å². The number of hydrogen-bond donors (Lipinski definition) is 1. The summed E-state index contributed by atoms with van der Waals surface area (Å²) in [4.78, 5) is 2.42. The lowest BCUT2D eigenvalue weighted by molar-refractivity contribution is 0.400. The zero-order valence-electron chi connectivity index (χ0n) is 10.6. The lowest BCUT2D eigenvalue weighted by Crippen LogP contribution is -2.37. The molecule has 0 spiro atoms. The van der Waals surface area contributed by atoms with E-state index in [0.29, 0.717) is 0 Å². The van der Waals surface area contributed by atoms with Gasteiger partial charge in [0, 0.05) is 29.3 Å². The number of rotatable bonds is 4. The molecule has 1 fully saturated rings. The smallest absolute Gasteiger partial charge is 0.0400 e. The first-order valence-corrected chi connectivity index (χ1v) is 7.14. The standard InChI is InChI=1S/C14H21BrN2/c1-10(16)8-11-9-12(15)6-7-14(11)17(2)13-4-3-5-13/h6-7,9-10,13H,3-5,8,16H2,1-2H3. The summed E-state index contributed by atoms with van der Waals surface area (Å²) in [6.45, 7) is 2.06. The van der Waals surface area contributed by atoms with Gasteiger partial charge in [-0.2, -0.15) is 0 Å². The van der Waals surface area contributed by atoms with Crippen molar-refractivity contribution in [2.75, 3.05) is 11.9 Å². The summed E-state index contributed by atoms with van der Waals surface area (Å²) in [5.41, 5.74) is 8.63. The number of halogens is 1. The molecule has 1 aliphatic rings. The lowest BCUT2D eigenvalue weighted by Gasteiger charge is -2.37. The van der Waals surface area contributed by atoms with Crippen molar-refractivity contribution in [3.8, 4) is 0 Å². The van der Waals surface area contributed by atoms with Gasteiger partial charge in [-0.1, -0.05) is 15.9 Å². The van der Waals surface area contributed by atoms with Gasteiger partial charge in [-0.05, 0) is 56.4 Å². The normalized spacial score (nSPS) is 17.6. The third-order valence-corrected chi connectivity index (χ3v) is 4.08. The quantitative estimate of drug-likeness (QED) is 0.923. The summed E-state index contributed by atoms with van der Waals surface area (Å²) in [7, 11) is 2.21. The van der Waals surface area contributed by atoms with E-state index in [2.05, 4.69) is 53.0 Å². The van der Waals surface area contributed by atoms with E-state index in [-0.39, 0.29) is 6.04 Å². The summed E-state index contributed by atoms with van der Waals surface area (Å²) in [5, 5.41) is 0. The summed E-state index contributed by atoms with van der Waals surface area (Å²) >= 11 is 3.54. The molecule has 1 aromatic carbocycles. The maximum atomic E-state index is 5.93. The Morgan fingerprint density at radius 1 is 1.47 bits per heavy atom. The molecule has 94 valence electrons. The molecule has 0 saturated heterocycles. The second kappa shape index (κ2) is 5.40. The maximum absolute atomic E-state index is 5.93. The molecule has 1 aromatic rings. The van der Waals surface area contributed by atoms with Crippen LogP contribution in [0.3, 0.4) is 0 Å². The minimum Gasteiger partial charge on any atom is -0.371 e. The molecule has 1 saturated carbocycles. The molecular formula is C14H21BrN2. The van der Waals surface area contributed by atoms with Crippen LogP contribution in [0.5, 0.6) is 0 Å². The van der Waals surface area contributed by atoms with E-state index in [1.165, 1.54) is 30.5 Å². The van der Waals surface area contributed by atoms with Gasteiger partial charge in [-0.3, -0.25) is 0 Å². The highest BCUT2D eigenvalue weighted by Gasteiger charge is 2.23. The maximum Gasteiger partial charge on any atom is 0.0400 e. The van der Waals surface area contributed by atoms with Gasteiger partial charge in [0.05, 0.1) is 0 Å². The zero-order valence-corrected chi connectivity index (χ0v) is 12.2. The van der Waals surface area contributed by atoms with Crippen molar-refractivity contribution in [3.05, 3.63) is 28.2 Å². The molecule has 3 heteroatoms. The highest BCUT2D eigenvalue weighted by molar-refractivity contribution is 9.10. The molecule has 0 aliphatic heterocycles. The topological polar surface area (TPSA) is 29.3 Å². The summed E-state index contributed by atoms with van der Waals surface area (Å²) < 4.78 is 1.14. The Hall–Kier alpha value is -0.540. The van der Waals surface area contributed by atoms with Gasteiger partial charge >= 0.3 is 0 Å². The zero-order chi connectivity index (χ0) is 12.4.